The molecule has 35 heavy (non-hydrogen) atoms. The molecular weight excluding hydrogens is 491 g/mol. The van der Waals surface area contributed by atoms with Gasteiger partial charge >= 0.3 is 11.8 Å². The summed E-state index contributed by atoms with van der Waals surface area (Å²) in [6.45, 7) is 3.66. The quantitative estimate of drug-likeness (QED) is 0.241. The Morgan fingerprint density at radius 3 is 2.40 bits per heavy atom. The van der Waals surface area contributed by atoms with Gasteiger partial charge in [-0.05, 0) is 55.3 Å². The highest BCUT2D eigenvalue weighted by atomic mass is 35.5. The molecule has 0 radical (unpaired) electrons. The number of aryl methyl sites for hydroxylation is 1. The highest BCUT2D eigenvalue weighted by molar-refractivity contribution is 6.45. The molecule has 0 spiro atoms. The monoisotopic (exact) mass is 512 g/mol. The maximum absolute atomic E-state index is 12.3. The number of para-hydroxylation sites is 1. The first kappa shape index (κ1) is 25.7. The standard InChI is InChI=1S/C25H22Cl2N4O4/c1-15-7-5-10-19(16(15)2)29-22(32)14-35-21-12-4-3-8-17(21)13-28-31-25(34)24(33)30-20-11-6-9-18(26)23(20)27/h3-13H,14H2,1-2H3,(H,29,32)(H,30,33)(H,31,34)/b28-13-. The lowest BCUT2D eigenvalue weighted by atomic mass is 10.1. The van der Waals surface area contributed by atoms with Gasteiger partial charge in [-0.25, -0.2) is 5.43 Å². The van der Waals surface area contributed by atoms with Gasteiger partial charge in [0, 0.05) is 11.3 Å². The largest absolute Gasteiger partial charge is 0.483 e. The number of halogens is 2. The van der Waals surface area contributed by atoms with E-state index in [1.165, 1.54) is 12.3 Å². The first-order chi connectivity index (χ1) is 16.8. The summed E-state index contributed by atoms with van der Waals surface area (Å²) in [4.78, 5) is 36.5. The van der Waals surface area contributed by atoms with Crippen LogP contribution in [-0.4, -0.2) is 30.5 Å². The van der Waals surface area contributed by atoms with Gasteiger partial charge in [-0.3, -0.25) is 14.4 Å². The zero-order valence-electron chi connectivity index (χ0n) is 18.9. The SMILES string of the molecule is Cc1cccc(NC(=O)COc2ccccc2/C=N\NC(=O)C(=O)Nc2cccc(Cl)c2Cl)c1C. The molecule has 0 bridgehead atoms. The van der Waals surface area contributed by atoms with Crippen molar-refractivity contribution in [2.45, 2.75) is 13.8 Å². The molecule has 3 aromatic rings. The molecule has 10 heteroatoms. The Morgan fingerprint density at radius 2 is 1.60 bits per heavy atom. The van der Waals surface area contributed by atoms with E-state index in [0.29, 0.717) is 17.0 Å². The summed E-state index contributed by atoms with van der Waals surface area (Å²) in [5, 5.41) is 9.33. The van der Waals surface area contributed by atoms with E-state index in [-0.39, 0.29) is 28.2 Å². The molecule has 0 aliphatic rings. The molecule has 0 aliphatic carbocycles. The third-order valence-corrected chi connectivity index (χ3v) is 5.75. The Morgan fingerprint density at radius 1 is 0.886 bits per heavy atom. The lowest BCUT2D eigenvalue weighted by Crippen LogP contribution is -2.32. The number of benzene rings is 3. The van der Waals surface area contributed by atoms with E-state index in [0.717, 1.165) is 11.1 Å². The average molecular weight is 513 g/mol. The third kappa shape index (κ3) is 7.05. The molecule has 3 N–H and O–H groups in total. The van der Waals surface area contributed by atoms with Gasteiger partial charge in [0.05, 0.1) is 21.9 Å². The predicted octanol–water partition coefficient (Wildman–Crippen LogP) is 4.72. The van der Waals surface area contributed by atoms with E-state index in [2.05, 4.69) is 21.2 Å². The zero-order chi connectivity index (χ0) is 25.4. The summed E-state index contributed by atoms with van der Waals surface area (Å²) in [6.07, 6.45) is 1.30. The summed E-state index contributed by atoms with van der Waals surface area (Å²) >= 11 is 11.9. The van der Waals surface area contributed by atoms with Gasteiger partial charge in [0.2, 0.25) is 0 Å². The van der Waals surface area contributed by atoms with Crippen molar-refractivity contribution in [3.8, 4) is 5.75 Å². The van der Waals surface area contributed by atoms with Crippen molar-refractivity contribution in [3.05, 3.63) is 87.4 Å². The number of anilines is 2. The molecule has 8 nitrogen and oxygen atoms in total. The van der Waals surface area contributed by atoms with Crippen LogP contribution in [0.5, 0.6) is 5.75 Å². The first-order valence-corrected chi connectivity index (χ1v) is 11.2. The van der Waals surface area contributed by atoms with Crippen LogP contribution in [0.2, 0.25) is 10.0 Å². The predicted molar refractivity (Wildman–Crippen MR) is 137 cm³/mol. The van der Waals surface area contributed by atoms with Crippen LogP contribution in [0.15, 0.2) is 65.8 Å². The minimum absolute atomic E-state index is 0.117. The Balaban J connectivity index is 1.56. The number of nitrogens with zero attached hydrogens (tertiary/aromatic N) is 1. The average Bonchev–Trinajstić information content (AvgIpc) is 2.84. The van der Waals surface area contributed by atoms with Crippen molar-refractivity contribution >= 4 is 58.5 Å². The molecular formula is C25H22Cl2N4O4. The topological polar surface area (TPSA) is 109 Å². The fourth-order valence-electron chi connectivity index (χ4n) is 2.93. The second-order valence-electron chi connectivity index (χ2n) is 7.38. The van der Waals surface area contributed by atoms with E-state index in [1.54, 1.807) is 36.4 Å². The lowest BCUT2D eigenvalue weighted by molar-refractivity contribution is -0.136. The first-order valence-electron chi connectivity index (χ1n) is 10.4. The van der Waals surface area contributed by atoms with Crippen LogP contribution in [0.25, 0.3) is 0 Å². The van der Waals surface area contributed by atoms with Crippen LogP contribution < -0.4 is 20.8 Å². The molecule has 0 saturated heterocycles. The Labute approximate surface area is 212 Å². The molecule has 180 valence electrons. The molecule has 0 aromatic heterocycles. The van der Waals surface area contributed by atoms with Crippen LogP contribution in [-0.2, 0) is 14.4 Å². The number of carbonyl (C=O) groups excluding carboxylic acids is 3. The maximum atomic E-state index is 12.3. The van der Waals surface area contributed by atoms with E-state index in [1.807, 2.05) is 32.0 Å². The Hall–Kier alpha value is -3.88. The molecule has 0 heterocycles. The van der Waals surface area contributed by atoms with Gasteiger partial charge < -0.3 is 15.4 Å². The smallest absolute Gasteiger partial charge is 0.329 e. The van der Waals surface area contributed by atoms with Gasteiger partial charge in [-0.1, -0.05) is 53.5 Å². The minimum Gasteiger partial charge on any atom is -0.483 e. The molecule has 0 fully saturated rings. The van der Waals surface area contributed by atoms with E-state index < -0.39 is 11.8 Å². The van der Waals surface area contributed by atoms with Crippen molar-refractivity contribution in [2.75, 3.05) is 17.2 Å². The fraction of sp³-hybridized carbons (Fsp3) is 0.120. The minimum atomic E-state index is -1.01. The van der Waals surface area contributed by atoms with Crippen LogP contribution in [0, 0.1) is 13.8 Å². The summed E-state index contributed by atoms with van der Waals surface area (Å²) in [7, 11) is 0. The summed E-state index contributed by atoms with van der Waals surface area (Å²) in [5.41, 5.74) is 5.58. The van der Waals surface area contributed by atoms with Crippen molar-refractivity contribution < 1.29 is 19.1 Å². The number of hydrogen-bond donors (Lipinski definition) is 3. The zero-order valence-corrected chi connectivity index (χ0v) is 20.4. The molecule has 3 aromatic carbocycles. The number of hydrazone groups is 1. The van der Waals surface area contributed by atoms with Gasteiger partial charge in [0.25, 0.3) is 5.91 Å². The van der Waals surface area contributed by atoms with Gasteiger partial charge in [-0.2, -0.15) is 5.10 Å². The maximum Gasteiger partial charge on any atom is 0.329 e. The van der Waals surface area contributed by atoms with E-state index in [9.17, 15) is 14.4 Å². The second-order valence-corrected chi connectivity index (χ2v) is 8.16. The summed E-state index contributed by atoms with van der Waals surface area (Å²) in [5.74, 6) is -1.94. The lowest BCUT2D eigenvalue weighted by Gasteiger charge is -2.12. The van der Waals surface area contributed by atoms with Crippen LogP contribution in [0.4, 0.5) is 11.4 Å². The number of rotatable bonds is 7. The Kier molecular flexibility index (Phi) is 8.83. The molecule has 0 atom stereocenters. The summed E-state index contributed by atoms with van der Waals surface area (Å²) in [6, 6.07) is 17.1. The van der Waals surface area contributed by atoms with Crippen LogP contribution in [0.1, 0.15) is 16.7 Å². The molecule has 0 unspecified atom stereocenters. The fourth-order valence-corrected chi connectivity index (χ4v) is 3.27. The number of hydrogen-bond acceptors (Lipinski definition) is 5. The van der Waals surface area contributed by atoms with E-state index >= 15 is 0 Å². The number of amides is 3. The van der Waals surface area contributed by atoms with Crippen molar-refractivity contribution in [1.82, 2.24) is 5.43 Å². The Bertz CT molecular complexity index is 1290. The normalized spacial score (nSPS) is 10.6. The molecule has 3 amide bonds. The van der Waals surface area contributed by atoms with Crippen LogP contribution >= 0.6 is 23.2 Å². The van der Waals surface area contributed by atoms with Gasteiger partial charge in [0.1, 0.15) is 5.75 Å². The van der Waals surface area contributed by atoms with E-state index in [4.69, 9.17) is 27.9 Å². The van der Waals surface area contributed by atoms with Crippen molar-refractivity contribution in [1.29, 1.82) is 0 Å². The second kappa shape index (κ2) is 12.0. The highest BCUT2D eigenvalue weighted by Crippen LogP contribution is 2.29. The number of carbonyl (C=O) groups is 3. The van der Waals surface area contributed by atoms with Gasteiger partial charge in [-0.15, -0.1) is 0 Å². The number of ether oxygens (including phenoxy) is 1. The van der Waals surface area contributed by atoms with Crippen LogP contribution in [0.3, 0.4) is 0 Å². The summed E-state index contributed by atoms with van der Waals surface area (Å²) < 4.78 is 5.63. The van der Waals surface area contributed by atoms with Crippen molar-refractivity contribution in [2.24, 2.45) is 5.10 Å². The van der Waals surface area contributed by atoms with Gasteiger partial charge in [0.15, 0.2) is 6.61 Å². The molecule has 0 saturated carbocycles. The third-order valence-electron chi connectivity index (χ3n) is 4.93. The highest BCUT2D eigenvalue weighted by Gasteiger charge is 2.15. The molecule has 3 rings (SSSR count). The number of nitrogens with one attached hydrogen (secondary N) is 3. The molecule has 0 aliphatic heterocycles. The van der Waals surface area contributed by atoms with Crippen molar-refractivity contribution in [3.63, 3.8) is 0 Å².